The molecule has 0 spiro atoms. The van der Waals surface area contributed by atoms with Crippen molar-refractivity contribution >= 4 is 0 Å². The summed E-state index contributed by atoms with van der Waals surface area (Å²) in [5.41, 5.74) is 0. The number of allylic oxidation sites excluding steroid dienone is 2. The minimum atomic E-state index is -0.457. The number of hydrogen-bond acceptors (Lipinski definition) is 1. The molecule has 0 fully saturated rings. The lowest BCUT2D eigenvalue weighted by Crippen LogP contribution is -1.98. The second-order valence-corrected chi connectivity index (χ2v) is 1.71. The molecule has 0 bridgehead atoms. The van der Waals surface area contributed by atoms with E-state index in [0.717, 1.165) is 0 Å². The summed E-state index contributed by atoms with van der Waals surface area (Å²) in [6.45, 7) is 3.79. The molecule has 0 saturated heterocycles. The van der Waals surface area contributed by atoms with Crippen molar-refractivity contribution in [3.63, 3.8) is 0 Å². The van der Waals surface area contributed by atoms with Crippen LogP contribution in [0, 0.1) is 11.8 Å². The summed E-state index contributed by atoms with van der Waals surface area (Å²) < 4.78 is 0. The molecule has 0 rings (SSSR count). The summed E-state index contributed by atoms with van der Waals surface area (Å²) in [7, 11) is 0. The SMILES string of the molecule is C/C=C/C#CC(O)CC. The smallest absolute Gasteiger partial charge is 0.114 e. The van der Waals surface area contributed by atoms with Crippen LogP contribution < -0.4 is 0 Å². The van der Waals surface area contributed by atoms with Gasteiger partial charge in [-0.05, 0) is 19.4 Å². The van der Waals surface area contributed by atoms with E-state index in [2.05, 4.69) is 11.8 Å². The Hall–Kier alpha value is -0.740. The Balaban J connectivity index is 3.58. The number of aliphatic hydroxyl groups is 1. The van der Waals surface area contributed by atoms with E-state index < -0.39 is 6.10 Å². The molecule has 0 aromatic rings. The molecule has 0 aliphatic carbocycles. The predicted octanol–water partition coefficient (Wildman–Crippen LogP) is 1.34. The number of aliphatic hydroxyl groups excluding tert-OH is 1. The molecule has 0 amide bonds. The standard InChI is InChI=1S/C8H12O/c1-3-5-6-7-8(9)4-2/h3,5,8-9H,4H2,1-2H3/b5-3+. The van der Waals surface area contributed by atoms with Crippen molar-refractivity contribution in [1.82, 2.24) is 0 Å². The van der Waals surface area contributed by atoms with Crippen LogP contribution in [0.2, 0.25) is 0 Å². The van der Waals surface area contributed by atoms with E-state index in [1.165, 1.54) is 0 Å². The summed E-state index contributed by atoms with van der Waals surface area (Å²) in [6.07, 6.45) is 3.81. The van der Waals surface area contributed by atoms with Crippen molar-refractivity contribution < 1.29 is 5.11 Å². The minimum Gasteiger partial charge on any atom is -0.380 e. The predicted molar refractivity (Wildman–Crippen MR) is 38.9 cm³/mol. The van der Waals surface area contributed by atoms with Gasteiger partial charge in [0, 0.05) is 0 Å². The Labute approximate surface area is 56.4 Å². The van der Waals surface area contributed by atoms with Gasteiger partial charge in [-0.3, -0.25) is 0 Å². The van der Waals surface area contributed by atoms with Gasteiger partial charge in [0.1, 0.15) is 6.10 Å². The molecule has 0 aliphatic rings. The molecule has 1 unspecified atom stereocenters. The molecule has 50 valence electrons. The van der Waals surface area contributed by atoms with E-state index >= 15 is 0 Å². The summed E-state index contributed by atoms with van der Waals surface area (Å²) in [6, 6.07) is 0. The van der Waals surface area contributed by atoms with Crippen LogP contribution >= 0.6 is 0 Å². The molecule has 1 atom stereocenters. The first-order chi connectivity index (χ1) is 4.31. The average molecular weight is 124 g/mol. The maximum absolute atomic E-state index is 8.88. The molecule has 1 heteroatoms. The van der Waals surface area contributed by atoms with Gasteiger partial charge in [-0.2, -0.15) is 0 Å². The monoisotopic (exact) mass is 124 g/mol. The van der Waals surface area contributed by atoms with Crippen molar-refractivity contribution in [3.8, 4) is 11.8 Å². The van der Waals surface area contributed by atoms with Gasteiger partial charge in [0.15, 0.2) is 0 Å². The van der Waals surface area contributed by atoms with Gasteiger partial charge in [-0.25, -0.2) is 0 Å². The summed E-state index contributed by atoms with van der Waals surface area (Å²) in [5, 5.41) is 8.88. The van der Waals surface area contributed by atoms with Gasteiger partial charge in [0.05, 0.1) is 0 Å². The maximum atomic E-state index is 8.88. The molecule has 0 heterocycles. The Morgan fingerprint density at radius 1 is 1.67 bits per heavy atom. The molecule has 0 saturated carbocycles. The van der Waals surface area contributed by atoms with Gasteiger partial charge < -0.3 is 5.11 Å². The highest BCUT2D eigenvalue weighted by Gasteiger charge is 1.88. The van der Waals surface area contributed by atoms with Crippen LogP contribution in [0.4, 0.5) is 0 Å². The van der Waals surface area contributed by atoms with Crippen molar-refractivity contribution in [2.45, 2.75) is 26.4 Å². The third kappa shape index (κ3) is 5.13. The summed E-state index contributed by atoms with van der Waals surface area (Å²) >= 11 is 0. The first-order valence-electron chi connectivity index (χ1n) is 3.11. The number of hydrogen-bond donors (Lipinski definition) is 1. The fourth-order valence-corrected chi connectivity index (χ4v) is 0.330. The van der Waals surface area contributed by atoms with Gasteiger partial charge in [-0.1, -0.05) is 24.8 Å². The van der Waals surface area contributed by atoms with Crippen LogP contribution in [0.3, 0.4) is 0 Å². The first-order valence-corrected chi connectivity index (χ1v) is 3.11. The fraction of sp³-hybridized carbons (Fsp3) is 0.500. The zero-order valence-electron chi connectivity index (χ0n) is 5.89. The summed E-state index contributed by atoms with van der Waals surface area (Å²) in [5.74, 6) is 5.36. The molecule has 1 nitrogen and oxygen atoms in total. The molecule has 9 heavy (non-hydrogen) atoms. The van der Waals surface area contributed by atoms with Gasteiger partial charge in [0.25, 0.3) is 0 Å². The topological polar surface area (TPSA) is 20.2 Å². The Morgan fingerprint density at radius 2 is 2.33 bits per heavy atom. The highest BCUT2D eigenvalue weighted by atomic mass is 16.3. The average Bonchev–Trinajstić information content (AvgIpc) is 1.89. The molecular formula is C8H12O. The quantitative estimate of drug-likeness (QED) is 0.523. The third-order valence-electron chi connectivity index (χ3n) is 0.887. The van der Waals surface area contributed by atoms with Crippen LogP contribution in [0.5, 0.6) is 0 Å². The van der Waals surface area contributed by atoms with Crippen molar-refractivity contribution in [2.75, 3.05) is 0 Å². The molecule has 0 radical (unpaired) electrons. The Kier molecular flexibility index (Phi) is 4.95. The highest BCUT2D eigenvalue weighted by molar-refractivity contribution is 5.16. The zero-order valence-corrected chi connectivity index (χ0v) is 5.89. The minimum absolute atomic E-state index is 0.457. The Morgan fingerprint density at radius 3 is 2.78 bits per heavy atom. The van der Waals surface area contributed by atoms with E-state index in [4.69, 9.17) is 5.11 Å². The lowest BCUT2D eigenvalue weighted by molar-refractivity contribution is 0.228. The maximum Gasteiger partial charge on any atom is 0.114 e. The largest absolute Gasteiger partial charge is 0.380 e. The third-order valence-corrected chi connectivity index (χ3v) is 0.887. The van der Waals surface area contributed by atoms with Crippen LogP contribution in [0.15, 0.2) is 12.2 Å². The highest BCUT2D eigenvalue weighted by Crippen LogP contribution is 1.84. The molecule has 0 aromatic carbocycles. The second kappa shape index (κ2) is 5.40. The number of rotatable bonds is 1. The van der Waals surface area contributed by atoms with E-state index in [-0.39, 0.29) is 0 Å². The van der Waals surface area contributed by atoms with Crippen molar-refractivity contribution in [1.29, 1.82) is 0 Å². The molecule has 0 aliphatic heterocycles. The lowest BCUT2D eigenvalue weighted by atomic mass is 10.3. The first kappa shape index (κ1) is 8.26. The van der Waals surface area contributed by atoms with Crippen molar-refractivity contribution in [2.24, 2.45) is 0 Å². The lowest BCUT2D eigenvalue weighted by Gasteiger charge is -1.91. The van der Waals surface area contributed by atoms with E-state index in [1.807, 2.05) is 19.9 Å². The molecular weight excluding hydrogens is 112 g/mol. The summed E-state index contributed by atoms with van der Waals surface area (Å²) in [4.78, 5) is 0. The molecule has 0 aromatic heterocycles. The van der Waals surface area contributed by atoms with Gasteiger partial charge in [-0.15, -0.1) is 0 Å². The Bertz CT molecular complexity index is 136. The van der Waals surface area contributed by atoms with Gasteiger partial charge in [0.2, 0.25) is 0 Å². The van der Waals surface area contributed by atoms with Crippen LogP contribution in [0.25, 0.3) is 0 Å². The van der Waals surface area contributed by atoms with Crippen LogP contribution in [-0.2, 0) is 0 Å². The van der Waals surface area contributed by atoms with E-state index in [9.17, 15) is 0 Å². The zero-order chi connectivity index (χ0) is 7.11. The van der Waals surface area contributed by atoms with Gasteiger partial charge >= 0.3 is 0 Å². The molecule has 1 N–H and O–H groups in total. The second-order valence-electron chi connectivity index (χ2n) is 1.71. The van der Waals surface area contributed by atoms with Crippen LogP contribution in [0.1, 0.15) is 20.3 Å². The fourth-order valence-electron chi connectivity index (χ4n) is 0.330. The van der Waals surface area contributed by atoms with Crippen molar-refractivity contribution in [3.05, 3.63) is 12.2 Å². The normalized spacial score (nSPS) is 12.8. The van der Waals surface area contributed by atoms with E-state index in [0.29, 0.717) is 6.42 Å². The van der Waals surface area contributed by atoms with E-state index in [1.54, 1.807) is 6.08 Å². The van der Waals surface area contributed by atoms with Crippen LogP contribution in [-0.4, -0.2) is 11.2 Å².